The summed E-state index contributed by atoms with van der Waals surface area (Å²) >= 11 is 0. The average molecular weight is 715 g/mol. The van der Waals surface area contributed by atoms with E-state index in [2.05, 4.69) is 0 Å². The highest BCUT2D eigenvalue weighted by atomic mass is 19.2. The highest BCUT2D eigenvalue weighted by Crippen LogP contribution is 2.31. The van der Waals surface area contributed by atoms with Gasteiger partial charge in [-0.3, -0.25) is 0 Å². The molecule has 0 unspecified atom stereocenters. The van der Waals surface area contributed by atoms with Crippen molar-refractivity contribution in [3.8, 4) is 0 Å². The summed E-state index contributed by atoms with van der Waals surface area (Å²) in [7, 11) is 0. The molecule has 0 aliphatic heterocycles. The molecule has 4 nitrogen and oxygen atoms in total. The minimum absolute atomic E-state index is 0.00811. The van der Waals surface area contributed by atoms with Crippen molar-refractivity contribution in [3.05, 3.63) is 68.3 Å². The molecule has 10 heteroatoms. The zero-order chi connectivity index (χ0) is 37.1. The maximum atomic E-state index is 15.1. The molecule has 2 aromatic carbocycles. The molecule has 0 spiro atoms. The molecule has 282 valence electrons. The van der Waals surface area contributed by atoms with Gasteiger partial charge in [0.25, 0.3) is 0 Å². The summed E-state index contributed by atoms with van der Waals surface area (Å²) in [5.41, 5.74) is -1.69. The number of benzene rings is 2. The Morgan fingerprint density at radius 2 is 0.620 bits per heavy atom. The third-order valence-electron chi connectivity index (χ3n) is 9.12. The van der Waals surface area contributed by atoms with Crippen LogP contribution in [0.5, 0.6) is 0 Å². The Balaban J connectivity index is 2.34. The van der Waals surface area contributed by atoms with Crippen molar-refractivity contribution in [2.75, 3.05) is 13.2 Å². The van der Waals surface area contributed by atoms with E-state index in [9.17, 15) is 18.4 Å². The number of esters is 2. The number of hydrogen-bond acceptors (Lipinski definition) is 4. The van der Waals surface area contributed by atoms with Crippen LogP contribution in [0.3, 0.4) is 0 Å². The average Bonchev–Trinajstić information content (AvgIpc) is 3.11. The molecule has 2 aromatic rings. The first-order chi connectivity index (χ1) is 24.1. The quantitative estimate of drug-likeness (QED) is 0.0445. The normalized spacial score (nSPS) is 11.3. The Morgan fingerprint density at radius 1 is 0.380 bits per heavy atom. The van der Waals surface area contributed by atoms with E-state index in [0.29, 0.717) is 51.4 Å². The molecular weight excluding hydrogens is 658 g/mol. The standard InChI is InChI=1S/C40H56F6O4/c1-5-9-13-17-21-27-31(28(22-18-14-10-6-2)34(42)37(45)33(27)41)39(47)49-25-26-50-40(48)32-29(23-19-15-11-7-3)35(43)38(46)36(44)30(32)24-20-16-12-8-4/h5-26H2,1-4H3. The van der Waals surface area contributed by atoms with Gasteiger partial charge in [-0.1, -0.05) is 105 Å². The molecule has 0 heterocycles. The summed E-state index contributed by atoms with van der Waals surface area (Å²) in [6.07, 6.45) is 11.7. The lowest BCUT2D eigenvalue weighted by Gasteiger charge is -2.18. The topological polar surface area (TPSA) is 52.6 Å². The molecule has 0 atom stereocenters. The van der Waals surface area contributed by atoms with Gasteiger partial charge in [-0.15, -0.1) is 0 Å². The minimum atomic E-state index is -1.62. The first-order valence-corrected chi connectivity index (χ1v) is 18.8. The van der Waals surface area contributed by atoms with Gasteiger partial charge >= 0.3 is 11.9 Å². The van der Waals surface area contributed by atoms with Crippen molar-refractivity contribution in [2.24, 2.45) is 0 Å². The number of rotatable bonds is 25. The van der Waals surface area contributed by atoms with Crippen molar-refractivity contribution in [1.82, 2.24) is 0 Å². The second kappa shape index (κ2) is 23.4. The number of carbonyl (C=O) groups excluding carboxylic acids is 2. The van der Waals surface area contributed by atoms with E-state index >= 15 is 17.6 Å². The predicted molar refractivity (Wildman–Crippen MR) is 185 cm³/mol. The molecule has 0 aromatic heterocycles. The van der Waals surface area contributed by atoms with E-state index in [1.165, 1.54) is 0 Å². The number of ether oxygens (including phenoxy) is 2. The Kier molecular flexibility index (Phi) is 20.2. The van der Waals surface area contributed by atoms with Crippen molar-refractivity contribution in [1.29, 1.82) is 0 Å². The molecule has 0 bridgehead atoms. The summed E-state index contributed by atoms with van der Waals surface area (Å²) in [5.74, 6) is -11.1. The van der Waals surface area contributed by atoms with E-state index in [0.717, 1.165) is 51.4 Å². The fourth-order valence-electron chi connectivity index (χ4n) is 6.28. The second-order valence-corrected chi connectivity index (χ2v) is 13.1. The van der Waals surface area contributed by atoms with Crippen LogP contribution < -0.4 is 0 Å². The summed E-state index contributed by atoms with van der Waals surface area (Å²) in [6.45, 7) is 6.89. The second-order valence-electron chi connectivity index (χ2n) is 13.1. The van der Waals surface area contributed by atoms with E-state index in [-0.39, 0.29) is 59.1 Å². The zero-order valence-corrected chi connectivity index (χ0v) is 30.5. The van der Waals surface area contributed by atoms with Crippen molar-refractivity contribution < 1.29 is 45.4 Å². The molecule has 2 rings (SSSR count). The Bertz CT molecular complexity index is 1200. The van der Waals surface area contributed by atoms with Crippen molar-refractivity contribution in [3.63, 3.8) is 0 Å². The molecule has 0 aliphatic carbocycles. The molecule has 0 amide bonds. The summed E-state index contributed by atoms with van der Waals surface area (Å²) in [5, 5.41) is 0. The molecule has 0 fully saturated rings. The van der Waals surface area contributed by atoms with E-state index in [4.69, 9.17) is 9.47 Å². The third-order valence-corrected chi connectivity index (χ3v) is 9.12. The van der Waals surface area contributed by atoms with Gasteiger partial charge in [0.15, 0.2) is 34.9 Å². The molecule has 0 saturated carbocycles. The van der Waals surface area contributed by atoms with Crippen LogP contribution >= 0.6 is 0 Å². The summed E-state index contributed by atoms with van der Waals surface area (Å²) in [6, 6.07) is 0. The van der Waals surface area contributed by atoms with Crippen LogP contribution in [0.1, 0.15) is 173 Å². The van der Waals surface area contributed by atoms with E-state index in [1.807, 2.05) is 27.7 Å². The maximum Gasteiger partial charge on any atom is 0.339 e. The van der Waals surface area contributed by atoms with Crippen molar-refractivity contribution in [2.45, 2.75) is 156 Å². The summed E-state index contributed by atoms with van der Waals surface area (Å²) in [4.78, 5) is 26.8. The van der Waals surface area contributed by atoms with Crippen LogP contribution in [-0.4, -0.2) is 25.2 Å². The molecule has 0 N–H and O–H groups in total. The lowest BCUT2D eigenvalue weighted by Crippen LogP contribution is -2.21. The first kappa shape index (κ1) is 43.1. The van der Waals surface area contributed by atoms with Gasteiger partial charge < -0.3 is 9.47 Å². The van der Waals surface area contributed by atoms with Crippen LogP contribution in [0, 0.1) is 34.9 Å². The molecular formula is C40H56F6O4. The largest absolute Gasteiger partial charge is 0.458 e. The Morgan fingerprint density at radius 3 is 0.840 bits per heavy atom. The zero-order valence-electron chi connectivity index (χ0n) is 30.5. The molecule has 0 aliphatic rings. The van der Waals surface area contributed by atoms with Crippen LogP contribution in [0.15, 0.2) is 0 Å². The van der Waals surface area contributed by atoms with Gasteiger partial charge in [0.2, 0.25) is 0 Å². The Labute approximate surface area is 294 Å². The highest BCUT2D eigenvalue weighted by molar-refractivity contribution is 5.94. The predicted octanol–water partition coefficient (Wildman–Crippen LogP) is 12.0. The number of hydrogen-bond donors (Lipinski definition) is 0. The first-order valence-electron chi connectivity index (χ1n) is 18.8. The lowest BCUT2D eigenvalue weighted by molar-refractivity contribution is 0.0261. The third kappa shape index (κ3) is 12.3. The van der Waals surface area contributed by atoms with Gasteiger partial charge in [0.05, 0.1) is 11.1 Å². The smallest absolute Gasteiger partial charge is 0.339 e. The van der Waals surface area contributed by atoms with Crippen LogP contribution in [0.25, 0.3) is 0 Å². The SMILES string of the molecule is CCCCCCc1c(F)c(F)c(F)c(CCCCCC)c1C(=O)OCCOC(=O)c1c(CCCCCC)c(F)c(F)c(F)c1CCCCCC. The maximum absolute atomic E-state index is 15.1. The Hall–Kier alpha value is -3.04. The van der Waals surface area contributed by atoms with Gasteiger partial charge in [-0.25, -0.2) is 35.9 Å². The van der Waals surface area contributed by atoms with Crippen LogP contribution in [0.2, 0.25) is 0 Å². The van der Waals surface area contributed by atoms with E-state index in [1.54, 1.807) is 0 Å². The minimum Gasteiger partial charge on any atom is -0.458 e. The van der Waals surface area contributed by atoms with Gasteiger partial charge in [0, 0.05) is 22.3 Å². The van der Waals surface area contributed by atoms with Gasteiger partial charge in [0.1, 0.15) is 13.2 Å². The van der Waals surface area contributed by atoms with Crippen LogP contribution in [-0.2, 0) is 35.2 Å². The number of unbranched alkanes of at least 4 members (excludes halogenated alkanes) is 12. The van der Waals surface area contributed by atoms with Gasteiger partial charge in [-0.05, 0) is 51.4 Å². The molecule has 0 saturated heterocycles. The monoisotopic (exact) mass is 714 g/mol. The lowest BCUT2D eigenvalue weighted by atomic mass is 9.92. The molecule has 50 heavy (non-hydrogen) atoms. The summed E-state index contributed by atoms with van der Waals surface area (Å²) < 4.78 is 101. The van der Waals surface area contributed by atoms with Gasteiger partial charge in [-0.2, -0.15) is 0 Å². The highest BCUT2D eigenvalue weighted by Gasteiger charge is 2.31. The van der Waals surface area contributed by atoms with E-state index < -0.39 is 60.1 Å². The number of carbonyl (C=O) groups is 2. The van der Waals surface area contributed by atoms with Crippen molar-refractivity contribution >= 4 is 11.9 Å². The fraction of sp³-hybridized carbons (Fsp3) is 0.650. The van der Waals surface area contributed by atoms with Crippen LogP contribution in [0.4, 0.5) is 26.3 Å². The fourth-order valence-corrected chi connectivity index (χ4v) is 6.28. The molecule has 0 radical (unpaired) electrons. The number of halogens is 6.